The molecule has 1 atom stereocenters. The number of hydrogen-bond acceptors (Lipinski definition) is 1. The number of anilines is 1. The van der Waals surface area contributed by atoms with Gasteiger partial charge in [0.15, 0.2) is 0 Å². The number of amides is 2. The Morgan fingerprint density at radius 1 is 0.828 bits per heavy atom. The van der Waals surface area contributed by atoms with Gasteiger partial charge >= 0.3 is 6.03 Å². The van der Waals surface area contributed by atoms with Crippen LogP contribution in [0, 0.1) is 6.92 Å². The molecule has 148 valence electrons. The zero-order valence-corrected chi connectivity index (χ0v) is 17.8. The number of nitrogens with zero attached hydrogens (tertiary/aromatic N) is 2. The molecule has 0 bridgehead atoms. The zero-order valence-electron chi connectivity index (χ0n) is 17.8. The van der Waals surface area contributed by atoms with Crippen molar-refractivity contribution in [3.05, 3.63) is 101 Å². The minimum absolute atomic E-state index is 0.0181. The molecule has 0 saturated carbocycles. The fourth-order valence-corrected chi connectivity index (χ4v) is 4.55. The third kappa shape index (κ3) is 3.11. The van der Waals surface area contributed by atoms with Gasteiger partial charge in [-0.1, -0.05) is 86.6 Å². The van der Waals surface area contributed by atoms with Crippen molar-refractivity contribution in [2.45, 2.75) is 32.2 Å². The Morgan fingerprint density at radius 3 is 2.03 bits per heavy atom. The third-order valence-electron chi connectivity index (χ3n) is 6.27. The molecular weight excluding hydrogens is 356 g/mol. The largest absolute Gasteiger partial charge is 0.324 e. The lowest BCUT2D eigenvalue weighted by Gasteiger charge is -2.41. The molecule has 29 heavy (non-hydrogen) atoms. The first-order valence-corrected chi connectivity index (χ1v) is 10.1. The van der Waals surface area contributed by atoms with E-state index >= 15 is 0 Å². The standard InChI is InChI=1S/C26H28N2O/c1-18-16-21(26(2,3)20-14-10-7-11-15-20)17-22-23(18)27(4)25(29)28(5)24(22)19-12-8-6-9-13-19/h6-17,24H,1-5H3. The van der Waals surface area contributed by atoms with Crippen LogP contribution >= 0.6 is 0 Å². The van der Waals surface area contributed by atoms with Crippen LogP contribution in [0.25, 0.3) is 0 Å². The average Bonchev–Trinajstić information content (AvgIpc) is 2.73. The van der Waals surface area contributed by atoms with Gasteiger partial charge in [0.1, 0.15) is 0 Å². The van der Waals surface area contributed by atoms with E-state index in [1.54, 1.807) is 4.90 Å². The van der Waals surface area contributed by atoms with Gasteiger partial charge in [-0.25, -0.2) is 4.79 Å². The molecule has 1 unspecified atom stereocenters. The van der Waals surface area contributed by atoms with Crippen molar-refractivity contribution in [3.8, 4) is 0 Å². The van der Waals surface area contributed by atoms with Gasteiger partial charge < -0.3 is 4.90 Å². The fraction of sp³-hybridized carbons (Fsp3) is 0.269. The van der Waals surface area contributed by atoms with Crippen LogP contribution in [0.1, 0.15) is 47.7 Å². The summed E-state index contributed by atoms with van der Waals surface area (Å²) in [7, 11) is 3.76. The Hall–Kier alpha value is -3.07. The maximum absolute atomic E-state index is 13.0. The van der Waals surface area contributed by atoms with Crippen molar-refractivity contribution >= 4 is 11.7 Å². The Kier molecular flexibility index (Phi) is 4.70. The lowest BCUT2D eigenvalue weighted by molar-refractivity contribution is 0.202. The molecule has 2 amide bonds. The quantitative estimate of drug-likeness (QED) is 0.550. The molecule has 0 fully saturated rings. The molecule has 3 heteroatoms. The summed E-state index contributed by atoms with van der Waals surface area (Å²) in [5.74, 6) is 0. The average molecular weight is 385 g/mol. The topological polar surface area (TPSA) is 23.6 Å². The first-order valence-electron chi connectivity index (χ1n) is 10.1. The smallest absolute Gasteiger partial charge is 0.316 e. The SMILES string of the molecule is Cc1cc(C(C)(C)c2ccccc2)cc2c1N(C)C(=O)N(C)C2c1ccccc1. The molecule has 3 nitrogen and oxygen atoms in total. The summed E-state index contributed by atoms with van der Waals surface area (Å²) in [6.45, 7) is 6.64. The molecule has 3 aromatic rings. The molecule has 1 aliphatic rings. The molecule has 0 radical (unpaired) electrons. The van der Waals surface area contributed by atoms with Gasteiger partial charge in [-0.3, -0.25) is 4.90 Å². The van der Waals surface area contributed by atoms with Crippen LogP contribution in [0.4, 0.5) is 10.5 Å². The molecule has 0 aliphatic carbocycles. The number of fused-ring (bicyclic) bond motifs is 1. The highest BCUT2D eigenvalue weighted by Crippen LogP contribution is 2.44. The molecule has 0 aromatic heterocycles. The molecule has 0 N–H and O–H groups in total. The van der Waals surface area contributed by atoms with E-state index < -0.39 is 0 Å². The van der Waals surface area contributed by atoms with E-state index in [1.165, 1.54) is 16.7 Å². The van der Waals surface area contributed by atoms with E-state index in [4.69, 9.17) is 0 Å². The second-order valence-corrected chi connectivity index (χ2v) is 8.49. The van der Waals surface area contributed by atoms with Crippen LogP contribution < -0.4 is 4.90 Å². The van der Waals surface area contributed by atoms with E-state index in [0.717, 1.165) is 16.8 Å². The highest BCUT2D eigenvalue weighted by atomic mass is 16.2. The number of rotatable bonds is 3. The first-order chi connectivity index (χ1) is 13.8. The second kappa shape index (κ2) is 7.07. The van der Waals surface area contributed by atoms with Gasteiger partial charge in [0, 0.05) is 25.1 Å². The lowest BCUT2D eigenvalue weighted by Crippen LogP contribution is -2.46. The first kappa shape index (κ1) is 19.3. The molecule has 3 aromatic carbocycles. The van der Waals surface area contributed by atoms with Gasteiger partial charge in [-0.05, 0) is 29.2 Å². The van der Waals surface area contributed by atoms with E-state index in [2.05, 4.69) is 75.4 Å². The normalized spacial score (nSPS) is 16.7. The number of carbonyl (C=O) groups is 1. The molecule has 1 aliphatic heterocycles. The highest BCUT2D eigenvalue weighted by Gasteiger charge is 2.37. The number of benzene rings is 3. The Labute approximate surface area is 173 Å². The predicted octanol–water partition coefficient (Wildman–Crippen LogP) is 5.91. The Morgan fingerprint density at radius 2 is 1.41 bits per heavy atom. The van der Waals surface area contributed by atoms with Crippen LogP contribution in [-0.4, -0.2) is 25.0 Å². The lowest BCUT2D eigenvalue weighted by atomic mass is 9.76. The summed E-state index contributed by atoms with van der Waals surface area (Å²) in [6.07, 6.45) is 0. The molecule has 4 rings (SSSR count). The summed E-state index contributed by atoms with van der Waals surface area (Å²) < 4.78 is 0. The summed E-state index contributed by atoms with van der Waals surface area (Å²) in [5, 5.41) is 0. The van der Waals surface area contributed by atoms with Crippen molar-refractivity contribution < 1.29 is 4.79 Å². The minimum Gasteiger partial charge on any atom is -0.316 e. The van der Waals surface area contributed by atoms with Crippen molar-refractivity contribution in [1.29, 1.82) is 0 Å². The summed E-state index contributed by atoms with van der Waals surface area (Å²) in [4.78, 5) is 16.6. The minimum atomic E-state index is -0.138. The fourth-order valence-electron chi connectivity index (χ4n) is 4.55. The van der Waals surface area contributed by atoms with Crippen LogP contribution in [0.3, 0.4) is 0 Å². The predicted molar refractivity (Wildman–Crippen MR) is 120 cm³/mol. The Balaban J connectivity index is 1.94. The number of carbonyl (C=O) groups excluding carboxylic acids is 1. The van der Waals surface area contributed by atoms with Gasteiger partial charge in [0.25, 0.3) is 0 Å². The molecule has 1 heterocycles. The summed E-state index contributed by atoms with van der Waals surface area (Å²) in [5.41, 5.74) is 6.87. The van der Waals surface area contributed by atoms with Crippen molar-refractivity contribution in [2.75, 3.05) is 19.0 Å². The van der Waals surface area contributed by atoms with Crippen LogP contribution in [0.5, 0.6) is 0 Å². The molecular formula is C26H28N2O. The van der Waals surface area contributed by atoms with E-state index in [0.29, 0.717) is 0 Å². The van der Waals surface area contributed by atoms with Gasteiger partial charge in [-0.15, -0.1) is 0 Å². The summed E-state index contributed by atoms with van der Waals surface area (Å²) in [6, 6.07) is 25.4. The van der Waals surface area contributed by atoms with Crippen molar-refractivity contribution in [3.63, 3.8) is 0 Å². The number of urea groups is 1. The van der Waals surface area contributed by atoms with Gasteiger partial charge in [-0.2, -0.15) is 0 Å². The van der Waals surface area contributed by atoms with Crippen LogP contribution in [0.15, 0.2) is 72.8 Å². The molecule has 0 spiro atoms. The van der Waals surface area contributed by atoms with Crippen LogP contribution in [0.2, 0.25) is 0 Å². The van der Waals surface area contributed by atoms with Crippen molar-refractivity contribution in [2.24, 2.45) is 0 Å². The van der Waals surface area contributed by atoms with E-state index in [9.17, 15) is 4.79 Å². The highest BCUT2D eigenvalue weighted by molar-refractivity contribution is 5.96. The number of hydrogen-bond donors (Lipinski definition) is 0. The van der Waals surface area contributed by atoms with E-state index in [1.807, 2.05) is 37.2 Å². The Bertz CT molecular complexity index is 1040. The monoisotopic (exact) mass is 384 g/mol. The third-order valence-corrected chi connectivity index (χ3v) is 6.27. The van der Waals surface area contributed by atoms with Crippen molar-refractivity contribution in [1.82, 2.24) is 4.90 Å². The number of aryl methyl sites for hydroxylation is 1. The zero-order chi connectivity index (χ0) is 20.8. The maximum Gasteiger partial charge on any atom is 0.324 e. The second-order valence-electron chi connectivity index (χ2n) is 8.49. The molecule has 0 saturated heterocycles. The maximum atomic E-state index is 13.0. The van der Waals surface area contributed by atoms with E-state index in [-0.39, 0.29) is 17.5 Å². The van der Waals surface area contributed by atoms with Gasteiger partial charge in [0.05, 0.1) is 11.7 Å². The van der Waals surface area contributed by atoms with Gasteiger partial charge in [0.2, 0.25) is 0 Å². The van der Waals surface area contributed by atoms with Crippen LogP contribution in [-0.2, 0) is 5.41 Å². The summed E-state index contributed by atoms with van der Waals surface area (Å²) >= 11 is 0.